The smallest absolute Gasteiger partial charge is 0.308 e. The second kappa shape index (κ2) is 8.25. The van der Waals surface area contributed by atoms with E-state index >= 15 is 0 Å². The molecule has 4 nitrogen and oxygen atoms in total. The monoisotopic (exact) mass is 217 g/mol. The average Bonchev–Trinajstić information content (AvgIpc) is 2.36. The SMILES string of the molecule is C.CC(N)=O.O=C(O)Cc1cccs1. The van der Waals surface area contributed by atoms with E-state index in [9.17, 15) is 9.59 Å². The van der Waals surface area contributed by atoms with E-state index in [1.165, 1.54) is 18.3 Å². The van der Waals surface area contributed by atoms with Gasteiger partial charge in [-0.3, -0.25) is 9.59 Å². The molecule has 0 radical (unpaired) electrons. The Bertz CT molecular complexity index is 266. The van der Waals surface area contributed by atoms with Gasteiger partial charge in [0.2, 0.25) is 5.91 Å². The van der Waals surface area contributed by atoms with Gasteiger partial charge in [0.15, 0.2) is 0 Å². The molecule has 1 amide bonds. The van der Waals surface area contributed by atoms with Crippen LogP contribution in [0.25, 0.3) is 0 Å². The van der Waals surface area contributed by atoms with Crippen LogP contribution in [0.2, 0.25) is 0 Å². The highest BCUT2D eigenvalue weighted by Gasteiger charge is 1.98. The topological polar surface area (TPSA) is 80.4 Å². The number of nitrogens with two attached hydrogens (primary N) is 1. The highest BCUT2D eigenvalue weighted by atomic mass is 32.1. The Morgan fingerprint density at radius 2 is 2.07 bits per heavy atom. The molecule has 0 saturated heterocycles. The molecule has 14 heavy (non-hydrogen) atoms. The van der Waals surface area contributed by atoms with Crippen LogP contribution in [0.3, 0.4) is 0 Å². The van der Waals surface area contributed by atoms with Crippen LogP contribution in [-0.4, -0.2) is 17.0 Å². The molecule has 0 unspecified atom stereocenters. The molecule has 1 aromatic heterocycles. The van der Waals surface area contributed by atoms with Gasteiger partial charge in [0.1, 0.15) is 0 Å². The molecule has 1 heterocycles. The van der Waals surface area contributed by atoms with Gasteiger partial charge in [0, 0.05) is 11.8 Å². The van der Waals surface area contributed by atoms with Gasteiger partial charge in [0.05, 0.1) is 6.42 Å². The Morgan fingerprint density at radius 3 is 2.36 bits per heavy atom. The van der Waals surface area contributed by atoms with Gasteiger partial charge in [-0.05, 0) is 11.4 Å². The fourth-order valence-corrected chi connectivity index (χ4v) is 1.26. The summed E-state index contributed by atoms with van der Waals surface area (Å²) in [5.74, 6) is -1.10. The first kappa shape index (κ1) is 15.1. The largest absolute Gasteiger partial charge is 0.481 e. The first-order valence-electron chi connectivity index (χ1n) is 3.52. The van der Waals surface area contributed by atoms with Crippen LogP contribution in [0.15, 0.2) is 17.5 Å². The first-order chi connectivity index (χ1) is 6.02. The van der Waals surface area contributed by atoms with E-state index in [-0.39, 0.29) is 19.8 Å². The number of carboxylic acid groups (broad SMARTS) is 1. The zero-order chi connectivity index (χ0) is 10.3. The third-order valence-electron chi connectivity index (χ3n) is 0.906. The zero-order valence-corrected chi connectivity index (χ0v) is 8.00. The maximum absolute atomic E-state index is 10.1. The summed E-state index contributed by atoms with van der Waals surface area (Å²) in [7, 11) is 0. The predicted octanol–water partition coefficient (Wildman–Crippen LogP) is 1.50. The molecule has 0 aromatic carbocycles. The summed E-state index contributed by atoms with van der Waals surface area (Å²) >= 11 is 1.47. The van der Waals surface area contributed by atoms with Gasteiger partial charge < -0.3 is 10.8 Å². The summed E-state index contributed by atoms with van der Waals surface area (Å²) < 4.78 is 0. The van der Waals surface area contributed by atoms with Gasteiger partial charge in [-0.15, -0.1) is 11.3 Å². The zero-order valence-electron chi connectivity index (χ0n) is 7.19. The highest BCUT2D eigenvalue weighted by molar-refractivity contribution is 7.10. The second-order valence-electron chi connectivity index (χ2n) is 2.26. The van der Waals surface area contributed by atoms with Crippen molar-refractivity contribution in [2.24, 2.45) is 5.73 Å². The molecule has 0 aliphatic rings. The van der Waals surface area contributed by atoms with E-state index in [0.717, 1.165) is 4.88 Å². The average molecular weight is 217 g/mol. The molecule has 0 bridgehead atoms. The fourth-order valence-electron chi connectivity index (χ4n) is 0.562. The van der Waals surface area contributed by atoms with Crippen molar-refractivity contribution in [1.29, 1.82) is 0 Å². The summed E-state index contributed by atoms with van der Waals surface area (Å²) in [5, 5.41) is 10.2. The predicted molar refractivity (Wildman–Crippen MR) is 57.3 cm³/mol. The number of carboxylic acids is 1. The van der Waals surface area contributed by atoms with E-state index in [4.69, 9.17) is 5.11 Å². The number of rotatable bonds is 2. The molecule has 0 saturated carbocycles. The molecule has 0 spiro atoms. The van der Waals surface area contributed by atoms with E-state index in [1.807, 2.05) is 17.5 Å². The molecule has 3 N–H and O–H groups in total. The molecule has 1 rings (SSSR count). The van der Waals surface area contributed by atoms with Crippen molar-refractivity contribution in [2.45, 2.75) is 20.8 Å². The Morgan fingerprint density at radius 1 is 1.57 bits per heavy atom. The van der Waals surface area contributed by atoms with E-state index in [0.29, 0.717) is 0 Å². The van der Waals surface area contributed by atoms with Gasteiger partial charge in [-0.1, -0.05) is 13.5 Å². The number of carbonyl (C=O) groups is 2. The van der Waals surface area contributed by atoms with E-state index in [1.54, 1.807) is 0 Å². The fraction of sp³-hybridized carbons (Fsp3) is 0.333. The molecule has 1 aromatic rings. The van der Waals surface area contributed by atoms with Crippen molar-refractivity contribution in [3.63, 3.8) is 0 Å². The Kier molecular flexibility index (Phi) is 8.91. The maximum atomic E-state index is 10.1. The Balaban J connectivity index is 0. The number of hydrogen-bond donors (Lipinski definition) is 2. The van der Waals surface area contributed by atoms with Crippen LogP contribution in [0.1, 0.15) is 19.2 Å². The number of hydrogen-bond acceptors (Lipinski definition) is 3. The molecule has 5 heteroatoms. The second-order valence-corrected chi connectivity index (χ2v) is 3.29. The summed E-state index contributed by atoms with van der Waals surface area (Å²) in [4.78, 5) is 20.2. The highest BCUT2D eigenvalue weighted by Crippen LogP contribution is 2.08. The van der Waals surface area contributed by atoms with Crippen molar-refractivity contribution in [3.05, 3.63) is 22.4 Å². The molecule has 0 aliphatic heterocycles. The molecule has 0 atom stereocenters. The minimum absolute atomic E-state index is 0. The summed E-state index contributed by atoms with van der Waals surface area (Å²) in [6.45, 7) is 1.31. The summed E-state index contributed by atoms with van der Waals surface area (Å²) in [6.07, 6.45) is 0.150. The van der Waals surface area contributed by atoms with Crippen molar-refractivity contribution in [3.8, 4) is 0 Å². The van der Waals surface area contributed by atoms with Gasteiger partial charge >= 0.3 is 5.97 Å². The number of primary amides is 1. The van der Waals surface area contributed by atoms with Crippen LogP contribution >= 0.6 is 11.3 Å². The van der Waals surface area contributed by atoms with Crippen LogP contribution < -0.4 is 5.73 Å². The van der Waals surface area contributed by atoms with E-state index in [2.05, 4.69) is 5.73 Å². The molecule has 0 aliphatic carbocycles. The van der Waals surface area contributed by atoms with Crippen molar-refractivity contribution < 1.29 is 14.7 Å². The summed E-state index contributed by atoms with van der Waals surface area (Å²) in [6, 6.07) is 3.67. The van der Waals surface area contributed by atoms with Crippen LogP contribution in [-0.2, 0) is 16.0 Å². The van der Waals surface area contributed by atoms with Crippen LogP contribution in [0, 0.1) is 0 Å². The minimum Gasteiger partial charge on any atom is -0.481 e. The number of carbonyl (C=O) groups excluding carboxylic acids is 1. The van der Waals surface area contributed by atoms with Crippen LogP contribution in [0.4, 0.5) is 0 Å². The van der Waals surface area contributed by atoms with E-state index < -0.39 is 5.97 Å². The lowest BCUT2D eigenvalue weighted by Crippen LogP contribution is -2.01. The minimum atomic E-state index is -0.766. The third kappa shape index (κ3) is 10.6. The summed E-state index contributed by atoms with van der Waals surface area (Å²) in [5.41, 5.74) is 4.47. The normalized spacial score (nSPS) is 7.79. The molecular weight excluding hydrogens is 202 g/mol. The van der Waals surface area contributed by atoms with Crippen molar-refractivity contribution >= 4 is 23.2 Å². The number of amides is 1. The van der Waals surface area contributed by atoms with Gasteiger partial charge in [-0.2, -0.15) is 0 Å². The molecule has 0 fully saturated rings. The standard InChI is InChI=1S/C6H6O2S.C2H5NO.CH4/c7-6(8)4-5-2-1-3-9-5;1-2(3)4;/h1-3H,4H2,(H,7,8);1H3,(H2,3,4);1H4. The van der Waals surface area contributed by atoms with Crippen molar-refractivity contribution in [2.75, 3.05) is 0 Å². The van der Waals surface area contributed by atoms with Crippen LogP contribution in [0.5, 0.6) is 0 Å². The third-order valence-corrected chi connectivity index (χ3v) is 1.78. The number of aliphatic carboxylic acids is 1. The lowest BCUT2D eigenvalue weighted by atomic mass is 10.3. The lowest BCUT2D eigenvalue weighted by molar-refractivity contribution is -0.136. The first-order valence-corrected chi connectivity index (χ1v) is 4.40. The quantitative estimate of drug-likeness (QED) is 0.787. The molecule has 80 valence electrons. The van der Waals surface area contributed by atoms with Crippen molar-refractivity contribution in [1.82, 2.24) is 0 Å². The number of thiophene rings is 1. The maximum Gasteiger partial charge on any atom is 0.308 e. The molecular formula is C9H15NO3S. The lowest BCUT2D eigenvalue weighted by Gasteiger charge is -1.85. The van der Waals surface area contributed by atoms with Gasteiger partial charge in [0.25, 0.3) is 0 Å². The Hall–Kier alpha value is -1.36. The Labute approximate surface area is 87.4 Å². The van der Waals surface area contributed by atoms with Gasteiger partial charge in [-0.25, -0.2) is 0 Å².